The first kappa shape index (κ1) is 13.2. The fraction of sp³-hybridized carbons (Fsp3) is 0.353. The highest BCUT2D eigenvalue weighted by atomic mass is 15.5. The van der Waals surface area contributed by atoms with Crippen LogP contribution in [0.4, 0.5) is 5.82 Å². The second-order valence-electron chi connectivity index (χ2n) is 5.92. The molecule has 3 aromatic rings. The van der Waals surface area contributed by atoms with E-state index >= 15 is 0 Å². The van der Waals surface area contributed by atoms with Gasteiger partial charge in [-0.1, -0.05) is 29.8 Å². The van der Waals surface area contributed by atoms with E-state index < -0.39 is 0 Å². The van der Waals surface area contributed by atoms with Gasteiger partial charge in [-0.15, -0.1) is 5.10 Å². The number of hydrogen-bond acceptors (Lipinski definition) is 4. The molecule has 4 rings (SSSR count). The normalized spacial score (nSPS) is 17.5. The second-order valence-corrected chi connectivity index (χ2v) is 5.92. The largest absolute Gasteiger partial charge is 0.346 e. The first-order valence-corrected chi connectivity index (χ1v) is 7.88. The van der Waals surface area contributed by atoms with Crippen molar-refractivity contribution in [1.29, 1.82) is 0 Å². The SMILES string of the molecule is c1ccc(NC2(n3nnc4ccccc43)CCCCC2)nc1. The molecule has 0 aliphatic heterocycles. The summed E-state index contributed by atoms with van der Waals surface area (Å²) in [5, 5.41) is 12.4. The summed E-state index contributed by atoms with van der Waals surface area (Å²) in [5.41, 5.74) is 1.78. The molecule has 1 N–H and O–H groups in total. The van der Waals surface area contributed by atoms with Crippen molar-refractivity contribution < 1.29 is 0 Å². The topological polar surface area (TPSA) is 55.6 Å². The van der Waals surface area contributed by atoms with Crippen LogP contribution in [0.15, 0.2) is 48.7 Å². The summed E-state index contributed by atoms with van der Waals surface area (Å²) in [5.74, 6) is 0.893. The molecule has 0 amide bonds. The van der Waals surface area contributed by atoms with Crippen LogP contribution in [0.1, 0.15) is 32.1 Å². The predicted octanol–water partition coefficient (Wildman–Crippen LogP) is 3.56. The van der Waals surface area contributed by atoms with E-state index in [4.69, 9.17) is 0 Å². The number of hydrogen-bond donors (Lipinski definition) is 1. The van der Waals surface area contributed by atoms with Crippen LogP contribution in [-0.4, -0.2) is 20.0 Å². The van der Waals surface area contributed by atoms with Crippen LogP contribution in [0.2, 0.25) is 0 Å². The second kappa shape index (κ2) is 5.40. The molecule has 1 aliphatic rings. The molecule has 0 radical (unpaired) electrons. The average molecular weight is 293 g/mol. The number of nitrogens with one attached hydrogen (secondary N) is 1. The molecule has 2 heterocycles. The van der Waals surface area contributed by atoms with E-state index in [-0.39, 0.29) is 5.66 Å². The maximum atomic E-state index is 4.46. The molecule has 0 atom stereocenters. The highest BCUT2D eigenvalue weighted by Gasteiger charge is 2.36. The lowest BCUT2D eigenvalue weighted by atomic mass is 9.88. The Kier molecular flexibility index (Phi) is 3.25. The number of fused-ring (bicyclic) bond motifs is 1. The lowest BCUT2D eigenvalue weighted by molar-refractivity contribution is 0.211. The van der Waals surface area contributed by atoms with Gasteiger partial charge in [0.1, 0.15) is 17.0 Å². The molecular formula is C17H19N5. The quantitative estimate of drug-likeness (QED) is 0.802. The molecule has 1 aliphatic carbocycles. The van der Waals surface area contributed by atoms with E-state index in [1.807, 2.05) is 42.6 Å². The standard InChI is InChI=1S/C17H19N5/c1-5-11-17(12-6-1,19-16-10-4-7-13-18-16)22-15-9-3-2-8-14(15)20-21-22/h2-4,7-10,13H,1,5-6,11-12H2,(H,18,19). The smallest absolute Gasteiger partial charge is 0.135 e. The van der Waals surface area contributed by atoms with E-state index in [1.54, 1.807) is 0 Å². The first-order chi connectivity index (χ1) is 10.9. The molecular weight excluding hydrogens is 274 g/mol. The zero-order chi connectivity index (χ0) is 14.8. The Balaban J connectivity index is 1.80. The summed E-state index contributed by atoms with van der Waals surface area (Å²) in [7, 11) is 0. The van der Waals surface area contributed by atoms with Crippen molar-refractivity contribution in [3.63, 3.8) is 0 Å². The van der Waals surface area contributed by atoms with E-state index in [0.717, 1.165) is 29.7 Å². The van der Waals surface area contributed by atoms with Crippen molar-refractivity contribution in [3.05, 3.63) is 48.7 Å². The Hall–Kier alpha value is -2.43. The summed E-state index contributed by atoms with van der Waals surface area (Å²) in [4.78, 5) is 4.44. The number of aromatic nitrogens is 4. The third-order valence-corrected chi connectivity index (χ3v) is 4.46. The van der Waals surface area contributed by atoms with Crippen molar-refractivity contribution in [2.75, 3.05) is 5.32 Å². The lowest BCUT2D eigenvalue weighted by Crippen LogP contribution is -2.44. The van der Waals surface area contributed by atoms with Gasteiger partial charge in [0, 0.05) is 6.20 Å². The third-order valence-electron chi connectivity index (χ3n) is 4.46. The zero-order valence-corrected chi connectivity index (χ0v) is 12.4. The van der Waals surface area contributed by atoms with Crippen LogP contribution >= 0.6 is 0 Å². The molecule has 1 saturated carbocycles. The van der Waals surface area contributed by atoms with Crippen LogP contribution < -0.4 is 5.32 Å². The van der Waals surface area contributed by atoms with Crippen LogP contribution in [0.5, 0.6) is 0 Å². The van der Waals surface area contributed by atoms with Gasteiger partial charge in [0.15, 0.2) is 0 Å². The Labute approximate surface area is 129 Å². The molecule has 5 nitrogen and oxygen atoms in total. The van der Waals surface area contributed by atoms with Gasteiger partial charge in [-0.2, -0.15) is 0 Å². The minimum absolute atomic E-state index is 0.233. The van der Waals surface area contributed by atoms with Crippen molar-refractivity contribution >= 4 is 16.9 Å². The summed E-state index contributed by atoms with van der Waals surface area (Å²) in [6.45, 7) is 0. The van der Waals surface area contributed by atoms with E-state index in [9.17, 15) is 0 Å². The summed E-state index contributed by atoms with van der Waals surface area (Å²) >= 11 is 0. The van der Waals surface area contributed by atoms with Crippen molar-refractivity contribution in [1.82, 2.24) is 20.0 Å². The maximum Gasteiger partial charge on any atom is 0.135 e. The molecule has 0 bridgehead atoms. The van der Waals surface area contributed by atoms with E-state index in [1.165, 1.54) is 19.3 Å². The summed E-state index contributed by atoms with van der Waals surface area (Å²) in [6.07, 6.45) is 7.55. The number of benzene rings is 1. The minimum Gasteiger partial charge on any atom is -0.346 e. The highest BCUT2D eigenvalue weighted by Crippen LogP contribution is 2.36. The van der Waals surface area contributed by atoms with Crippen LogP contribution in [0.3, 0.4) is 0 Å². The summed E-state index contributed by atoms with van der Waals surface area (Å²) in [6, 6.07) is 14.1. The number of para-hydroxylation sites is 1. The van der Waals surface area contributed by atoms with Gasteiger partial charge < -0.3 is 5.32 Å². The Morgan fingerprint density at radius 1 is 0.955 bits per heavy atom. The molecule has 0 saturated heterocycles. The van der Waals surface area contributed by atoms with Gasteiger partial charge >= 0.3 is 0 Å². The fourth-order valence-corrected chi connectivity index (χ4v) is 3.39. The molecule has 1 aromatic carbocycles. The van der Waals surface area contributed by atoms with Gasteiger partial charge in [-0.25, -0.2) is 9.67 Å². The molecule has 1 fully saturated rings. The van der Waals surface area contributed by atoms with Gasteiger partial charge in [0.25, 0.3) is 0 Å². The van der Waals surface area contributed by atoms with Crippen LogP contribution in [0.25, 0.3) is 11.0 Å². The third kappa shape index (κ3) is 2.22. The molecule has 0 unspecified atom stereocenters. The van der Waals surface area contributed by atoms with Gasteiger partial charge in [-0.3, -0.25) is 0 Å². The molecule has 5 heteroatoms. The zero-order valence-electron chi connectivity index (χ0n) is 12.4. The molecule has 2 aromatic heterocycles. The van der Waals surface area contributed by atoms with Gasteiger partial charge in [-0.05, 0) is 49.9 Å². The van der Waals surface area contributed by atoms with Crippen molar-refractivity contribution in [2.24, 2.45) is 0 Å². The Morgan fingerprint density at radius 2 is 1.77 bits per heavy atom. The number of anilines is 1. The van der Waals surface area contributed by atoms with Crippen molar-refractivity contribution in [3.8, 4) is 0 Å². The number of nitrogens with zero attached hydrogens (tertiary/aromatic N) is 4. The van der Waals surface area contributed by atoms with Crippen LogP contribution in [-0.2, 0) is 5.66 Å². The molecule has 0 spiro atoms. The van der Waals surface area contributed by atoms with Gasteiger partial charge in [0.05, 0.1) is 5.52 Å². The fourth-order valence-electron chi connectivity index (χ4n) is 3.39. The minimum atomic E-state index is -0.233. The Morgan fingerprint density at radius 3 is 2.59 bits per heavy atom. The average Bonchev–Trinajstić information content (AvgIpc) is 3.01. The van der Waals surface area contributed by atoms with Gasteiger partial charge in [0.2, 0.25) is 0 Å². The van der Waals surface area contributed by atoms with Crippen LogP contribution in [0, 0.1) is 0 Å². The first-order valence-electron chi connectivity index (χ1n) is 7.88. The highest BCUT2D eigenvalue weighted by molar-refractivity contribution is 5.74. The molecule has 22 heavy (non-hydrogen) atoms. The predicted molar refractivity (Wildman–Crippen MR) is 86.4 cm³/mol. The Bertz CT molecular complexity index is 759. The monoisotopic (exact) mass is 293 g/mol. The van der Waals surface area contributed by atoms with E-state index in [2.05, 4.69) is 31.4 Å². The molecule has 112 valence electrons. The van der Waals surface area contributed by atoms with Crippen molar-refractivity contribution in [2.45, 2.75) is 37.8 Å². The number of rotatable bonds is 3. The number of pyridine rings is 1. The summed E-state index contributed by atoms with van der Waals surface area (Å²) < 4.78 is 2.07. The maximum absolute atomic E-state index is 4.46. The van der Waals surface area contributed by atoms with E-state index in [0.29, 0.717) is 0 Å². The lowest BCUT2D eigenvalue weighted by Gasteiger charge is -2.38.